The molecule has 0 aliphatic carbocycles. The molecule has 0 heterocycles. The Morgan fingerprint density at radius 1 is 0.875 bits per heavy atom. The third-order valence-corrected chi connectivity index (χ3v) is 2.74. The molecule has 0 aliphatic heterocycles. The van der Waals surface area contributed by atoms with Gasteiger partial charge in [0.25, 0.3) is 0 Å². The van der Waals surface area contributed by atoms with Crippen LogP contribution in [0, 0.1) is 17.4 Å². The van der Waals surface area contributed by atoms with Gasteiger partial charge < -0.3 is 0 Å². The summed E-state index contributed by atoms with van der Waals surface area (Å²) in [7, 11) is 0. The highest BCUT2D eigenvalue weighted by molar-refractivity contribution is 5.98. The van der Waals surface area contributed by atoms with Gasteiger partial charge >= 0.3 is 0 Å². The van der Waals surface area contributed by atoms with Gasteiger partial charge in [-0.25, -0.2) is 0 Å². The molecule has 0 amide bonds. The summed E-state index contributed by atoms with van der Waals surface area (Å²) in [5, 5.41) is 13.3. The number of benzene rings is 3. The van der Waals surface area contributed by atoms with Gasteiger partial charge in [0.15, 0.2) is 0 Å². The van der Waals surface area contributed by atoms with Crippen molar-refractivity contribution in [3.05, 3.63) is 60.2 Å². The lowest BCUT2D eigenvalue weighted by atomic mass is 10.0. The molecule has 0 atom stereocenters. The molecule has 1 radical (unpaired) electrons. The molecule has 3 aromatic rings. The second-order valence-electron chi connectivity index (χ2n) is 3.77. The Morgan fingerprint density at radius 2 is 1.62 bits per heavy atom. The molecule has 3 rings (SSSR count). The Labute approximate surface area is 93.6 Å². The van der Waals surface area contributed by atoms with Crippen molar-refractivity contribution in [1.29, 1.82) is 5.26 Å². The predicted molar refractivity (Wildman–Crippen MR) is 65.0 cm³/mol. The van der Waals surface area contributed by atoms with E-state index in [1.54, 1.807) is 6.07 Å². The molecule has 16 heavy (non-hydrogen) atoms. The van der Waals surface area contributed by atoms with Gasteiger partial charge in [-0.1, -0.05) is 30.3 Å². The lowest BCUT2D eigenvalue weighted by Crippen LogP contribution is -1.79. The summed E-state index contributed by atoms with van der Waals surface area (Å²) >= 11 is 0. The SMILES string of the molecule is N#Cc1[c]c2cc3ccccc3cc2cc1. The monoisotopic (exact) mass is 202 g/mol. The van der Waals surface area contributed by atoms with Gasteiger partial charge in [-0.05, 0) is 39.7 Å². The molecule has 0 saturated carbocycles. The minimum Gasteiger partial charge on any atom is -0.192 e. The molecule has 0 aromatic heterocycles. The molecule has 3 aromatic carbocycles. The smallest absolute Gasteiger partial charge is 0.0998 e. The molecule has 0 unspecified atom stereocenters. The average molecular weight is 202 g/mol. The van der Waals surface area contributed by atoms with Crippen LogP contribution in [0.2, 0.25) is 0 Å². The first kappa shape index (κ1) is 8.94. The summed E-state index contributed by atoms with van der Waals surface area (Å²) in [6.07, 6.45) is 0. The van der Waals surface area contributed by atoms with Gasteiger partial charge in [0, 0.05) is 6.07 Å². The van der Waals surface area contributed by atoms with Crippen LogP contribution in [0.3, 0.4) is 0 Å². The Hall–Kier alpha value is -2.33. The Bertz CT molecular complexity index is 720. The van der Waals surface area contributed by atoms with E-state index in [2.05, 4.69) is 36.4 Å². The van der Waals surface area contributed by atoms with E-state index in [4.69, 9.17) is 5.26 Å². The van der Waals surface area contributed by atoms with Gasteiger partial charge in [-0.2, -0.15) is 5.26 Å². The number of fused-ring (bicyclic) bond motifs is 2. The second kappa shape index (κ2) is 3.36. The van der Waals surface area contributed by atoms with Crippen molar-refractivity contribution >= 4 is 21.5 Å². The molecular weight excluding hydrogens is 194 g/mol. The van der Waals surface area contributed by atoms with Crippen LogP contribution in [0.4, 0.5) is 0 Å². The summed E-state index contributed by atoms with van der Waals surface area (Å²) in [5.41, 5.74) is 0.586. The standard InChI is InChI=1S/C15H8N/c16-10-11-5-6-14-8-12-3-1-2-4-13(12)9-15(14)7-11/h1-6,8-9H. The summed E-state index contributed by atoms with van der Waals surface area (Å²) < 4.78 is 0. The van der Waals surface area contributed by atoms with Crippen LogP contribution >= 0.6 is 0 Å². The van der Waals surface area contributed by atoms with Crippen molar-refractivity contribution in [2.24, 2.45) is 0 Å². The quantitative estimate of drug-likeness (QED) is 0.510. The van der Waals surface area contributed by atoms with Crippen LogP contribution in [0.25, 0.3) is 21.5 Å². The van der Waals surface area contributed by atoms with Crippen molar-refractivity contribution in [1.82, 2.24) is 0 Å². The van der Waals surface area contributed by atoms with E-state index in [9.17, 15) is 0 Å². The molecule has 0 N–H and O–H groups in total. The van der Waals surface area contributed by atoms with E-state index in [1.807, 2.05) is 18.2 Å². The van der Waals surface area contributed by atoms with Crippen LogP contribution in [0.5, 0.6) is 0 Å². The number of nitrogens with zero attached hydrogens (tertiary/aromatic N) is 1. The average Bonchev–Trinajstić information content (AvgIpc) is 2.35. The van der Waals surface area contributed by atoms with Crippen molar-refractivity contribution in [2.45, 2.75) is 0 Å². The van der Waals surface area contributed by atoms with Gasteiger partial charge in [0.05, 0.1) is 11.6 Å². The fourth-order valence-electron chi connectivity index (χ4n) is 1.93. The highest BCUT2D eigenvalue weighted by Gasteiger charge is 1.99. The fourth-order valence-corrected chi connectivity index (χ4v) is 1.93. The molecule has 0 bridgehead atoms. The van der Waals surface area contributed by atoms with E-state index in [1.165, 1.54) is 10.8 Å². The van der Waals surface area contributed by atoms with Gasteiger partial charge in [0.2, 0.25) is 0 Å². The van der Waals surface area contributed by atoms with E-state index in [0.29, 0.717) is 5.56 Å². The second-order valence-corrected chi connectivity index (χ2v) is 3.77. The van der Waals surface area contributed by atoms with Gasteiger partial charge in [0.1, 0.15) is 0 Å². The van der Waals surface area contributed by atoms with Gasteiger partial charge in [-0.3, -0.25) is 0 Å². The van der Waals surface area contributed by atoms with Crippen LogP contribution < -0.4 is 0 Å². The molecule has 0 spiro atoms. The van der Waals surface area contributed by atoms with Crippen molar-refractivity contribution < 1.29 is 0 Å². The maximum atomic E-state index is 8.83. The normalized spacial score (nSPS) is 10.4. The van der Waals surface area contributed by atoms with Crippen LogP contribution in [0.1, 0.15) is 5.56 Å². The van der Waals surface area contributed by atoms with Gasteiger partial charge in [-0.15, -0.1) is 0 Å². The fraction of sp³-hybridized carbons (Fsp3) is 0. The first-order valence-electron chi connectivity index (χ1n) is 5.12. The van der Waals surface area contributed by atoms with Crippen molar-refractivity contribution in [2.75, 3.05) is 0 Å². The first-order valence-corrected chi connectivity index (χ1v) is 5.12. The molecule has 0 saturated heterocycles. The number of rotatable bonds is 0. The summed E-state index contributed by atoms with van der Waals surface area (Å²) in [6.45, 7) is 0. The largest absolute Gasteiger partial charge is 0.192 e. The van der Waals surface area contributed by atoms with Crippen LogP contribution in [-0.2, 0) is 0 Å². The number of hydrogen-bond donors (Lipinski definition) is 0. The van der Waals surface area contributed by atoms with E-state index in [-0.39, 0.29) is 0 Å². The van der Waals surface area contributed by atoms with E-state index >= 15 is 0 Å². The first-order chi connectivity index (χ1) is 7.86. The molecule has 0 aliphatic rings. The summed E-state index contributed by atoms with van der Waals surface area (Å²) in [5.74, 6) is 0. The maximum Gasteiger partial charge on any atom is 0.0998 e. The predicted octanol–water partition coefficient (Wildman–Crippen LogP) is 3.66. The highest BCUT2D eigenvalue weighted by atomic mass is 14.2. The molecule has 0 fully saturated rings. The number of nitriles is 1. The zero-order chi connectivity index (χ0) is 11.0. The highest BCUT2D eigenvalue weighted by Crippen LogP contribution is 2.22. The Morgan fingerprint density at radius 3 is 2.38 bits per heavy atom. The van der Waals surface area contributed by atoms with Crippen LogP contribution in [-0.4, -0.2) is 0 Å². The minimum absolute atomic E-state index is 0.586. The topological polar surface area (TPSA) is 23.8 Å². The Kier molecular flexibility index (Phi) is 1.88. The lowest BCUT2D eigenvalue weighted by Gasteiger charge is -2.01. The third-order valence-electron chi connectivity index (χ3n) is 2.74. The van der Waals surface area contributed by atoms with Crippen molar-refractivity contribution in [3.63, 3.8) is 0 Å². The summed E-state index contributed by atoms with van der Waals surface area (Å²) in [4.78, 5) is 0. The summed E-state index contributed by atoms with van der Waals surface area (Å²) in [6, 6.07) is 21.4. The third kappa shape index (κ3) is 1.32. The van der Waals surface area contributed by atoms with E-state index < -0.39 is 0 Å². The molecular formula is C15H8N. The maximum absolute atomic E-state index is 8.83. The van der Waals surface area contributed by atoms with E-state index in [0.717, 1.165) is 10.8 Å². The minimum atomic E-state index is 0.586. The zero-order valence-electron chi connectivity index (χ0n) is 8.57. The number of hydrogen-bond acceptors (Lipinski definition) is 1. The lowest BCUT2D eigenvalue weighted by molar-refractivity contribution is 1.49. The molecule has 73 valence electrons. The zero-order valence-corrected chi connectivity index (χ0v) is 8.57. The van der Waals surface area contributed by atoms with Crippen LogP contribution in [0.15, 0.2) is 48.5 Å². The molecule has 1 heteroatoms. The Balaban J connectivity index is 2.43. The molecule has 1 nitrogen and oxygen atoms in total. The van der Waals surface area contributed by atoms with Crippen molar-refractivity contribution in [3.8, 4) is 6.07 Å².